The molecule has 1 saturated heterocycles. The summed E-state index contributed by atoms with van der Waals surface area (Å²) in [4.78, 5) is 12.6. The van der Waals surface area contributed by atoms with Gasteiger partial charge in [-0.1, -0.05) is 20.8 Å². The van der Waals surface area contributed by atoms with E-state index in [0.29, 0.717) is 6.54 Å². The van der Waals surface area contributed by atoms with Crippen molar-refractivity contribution < 1.29 is 9.90 Å². The zero-order valence-corrected chi connectivity index (χ0v) is 8.92. The third-order valence-electron chi connectivity index (χ3n) is 3.49. The lowest BCUT2D eigenvalue weighted by atomic mass is 9.73. The van der Waals surface area contributed by atoms with Crippen molar-refractivity contribution in [3.8, 4) is 0 Å². The molecule has 3 nitrogen and oxygen atoms in total. The Hall–Kier alpha value is -0.730. The van der Waals surface area contributed by atoms with Crippen LogP contribution in [0.25, 0.3) is 0 Å². The average molecular weight is 185 g/mol. The number of hydrogen-bond acceptors (Lipinski definition) is 1. The van der Waals surface area contributed by atoms with Crippen molar-refractivity contribution in [2.75, 3.05) is 6.54 Å². The smallest absolute Gasteiger partial charge is 0.407 e. The normalized spacial score (nSPS) is 29.4. The van der Waals surface area contributed by atoms with Crippen molar-refractivity contribution in [3.05, 3.63) is 0 Å². The van der Waals surface area contributed by atoms with Gasteiger partial charge >= 0.3 is 6.09 Å². The lowest BCUT2D eigenvalue weighted by molar-refractivity contribution is 0.0444. The van der Waals surface area contributed by atoms with Crippen molar-refractivity contribution in [3.63, 3.8) is 0 Å². The van der Waals surface area contributed by atoms with Crippen LogP contribution in [-0.2, 0) is 0 Å². The summed E-state index contributed by atoms with van der Waals surface area (Å²) >= 11 is 0. The molecule has 1 aliphatic heterocycles. The maximum absolute atomic E-state index is 11.0. The maximum Gasteiger partial charge on any atom is 0.407 e. The summed E-state index contributed by atoms with van der Waals surface area (Å²) in [5, 5.41) is 9.04. The monoisotopic (exact) mass is 185 g/mol. The minimum Gasteiger partial charge on any atom is -0.465 e. The number of carboxylic acid groups (broad SMARTS) is 1. The summed E-state index contributed by atoms with van der Waals surface area (Å²) in [5.41, 5.74) is -0.180. The molecule has 0 aromatic rings. The van der Waals surface area contributed by atoms with Crippen LogP contribution in [0.15, 0.2) is 0 Å². The highest BCUT2D eigenvalue weighted by molar-refractivity contribution is 5.66. The van der Waals surface area contributed by atoms with Crippen LogP contribution in [0, 0.1) is 5.41 Å². The summed E-state index contributed by atoms with van der Waals surface area (Å²) in [6.07, 6.45) is 1.18. The molecule has 0 radical (unpaired) electrons. The van der Waals surface area contributed by atoms with Gasteiger partial charge in [-0.2, -0.15) is 0 Å². The predicted octanol–water partition coefficient (Wildman–Crippen LogP) is 2.57. The molecule has 0 spiro atoms. The van der Waals surface area contributed by atoms with Gasteiger partial charge in [-0.15, -0.1) is 0 Å². The lowest BCUT2D eigenvalue weighted by Crippen LogP contribution is -2.52. The first-order chi connectivity index (χ1) is 5.79. The fourth-order valence-electron chi connectivity index (χ4n) is 2.05. The topological polar surface area (TPSA) is 40.5 Å². The van der Waals surface area contributed by atoms with Crippen molar-refractivity contribution >= 4 is 6.09 Å². The summed E-state index contributed by atoms with van der Waals surface area (Å²) in [7, 11) is 0. The summed E-state index contributed by atoms with van der Waals surface area (Å²) in [6, 6.07) is 0. The van der Waals surface area contributed by atoms with Gasteiger partial charge in [0.25, 0.3) is 0 Å². The van der Waals surface area contributed by atoms with Gasteiger partial charge in [0.15, 0.2) is 0 Å². The Morgan fingerprint density at radius 1 is 1.46 bits per heavy atom. The first-order valence-electron chi connectivity index (χ1n) is 4.79. The van der Waals surface area contributed by atoms with Gasteiger partial charge < -0.3 is 10.0 Å². The Bertz CT molecular complexity index is 219. The van der Waals surface area contributed by atoms with Gasteiger partial charge in [0.1, 0.15) is 0 Å². The first-order valence-corrected chi connectivity index (χ1v) is 4.79. The number of hydrogen-bond donors (Lipinski definition) is 1. The first kappa shape index (κ1) is 10.4. The Labute approximate surface area is 79.7 Å². The number of rotatable bonds is 0. The van der Waals surface area contributed by atoms with E-state index in [1.54, 1.807) is 4.90 Å². The zero-order chi connectivity index (χ0) is 10.3. The average Bonchev–Trinajstić information content (AvgIpc) is 2.30. The van der Waals surface area contributed by atoms with Crippen LogP contribution in [0.5, 0.6) is 0 Å². The molecule has 1 fully saturated rings. The van der Waals surface area contributed by atoms with E-state index >= 15 is 0 Å². The number of nitrogens with zero attached hydrogens (tertiary/aromatic N) is 1. The van der Waals surface area contributed by atoms with Gasteiger partial charge in [0, 0.05) is 12.1 Å². The molecule has 1 atom stereocenters. The number of amides is 1. The minimum atomic E-state index is -0.782. The molecule has 0 unspecified atom stereocenters. The van der Waals surface area contributed by atoms with E-state index in [0.717, 1.165) is 12.8 Å². The highest BCUT2D eigenvalue weighted by Gasteiger charge is 2.47. The van der Waals surface area contributed by atoms with Crippen LogP contribution < -0.4 is 0 Å². The maximum atomic E-state index is 11.0. The molecule has 0 aromatic heterocycles. The van der Waals surface area contributed by atoms with Crippen LogP contribution in [-0.4, -0.2) is 28.2 Å². The number of likely N-dealkylation sites (tertiary alicyclic amines) is 1. The molecule has 3 heteroatoms. The second kappa shape index (κ2) is 2.89. The molecule has 0 saturated carbocycles. The standard InChI is InChI=1S/C10H19NO2/c1-9(2,3)10(4)6-5-7-11(10)8(12)13/h5-7H2,1-4H3,(H,12,13)/t10-/m0/s1. The summed E-state index contributed by atoms with van der Waals surface area (Å²) in [5.74, 6) is 0. The van der Waals surface area contributed by atoms with Crippen LogP contribution >= 0.6 is 0 Å². The molecule has 13 heavy (non-hydrogen) atoms. The molecular formula is C10H19NO2. The highest BCUT2D eigenvalue weighted by atomic mass is 16.4. The van der Waals surface area contributed by atoms with Crippen LogP contribution in [0.2, 0.25) is 0 Å². The quantitative estimate of drug-likeness (QED) is 0.630. The second-order valence-electron chi connectivity index (χ2n) is 5.06. The minimum absolute atomic E-state index is 0.0158. The molecule has 0 bridgehead atoms. The highest BCUT2D eigenvalue weighted by Crippen LogP contribution is 2.43. The van der Waals surface area contributed by atoms with Crippen molar-refractivity contribution in [2.45, 2.75) is 46.1 Å². The van der Waals surface area contributed by atoms with E-state index in [1.165, 1.54) is 0 Å². The molecule has 0 aromatic carbocycles. The zero-order valence-electron chi connectivity index (χ0n) is 8.92. The molecule has 76 valence electrons. The van der Waals surface area contributed by atoms with E-state index in [2.05, 4.69) is 20.8 Å². The fourth-order valence-corrected chi connectivity index (χ4v) is 2.05. The van der Waals surface area contributed by atoms with E-state index in [9.17, 15) is 4.79 Å². The van der Waals surface area contributed by atoms with Crippen LogP contribution in [0.1, 0.15) is 40.5 Å². The summed E-state index contributed by atoms with van der Waals surface area (Å²) in [6.45, 7) is 9.05. The molecule has 1 heterocycles. The van der Waals surface area contributed by atoms with E-state index < -0.39 is 6.09 Å². The Balaban J connectivity index is 2.95. The second-order valence-corrected chi connectivity index (χ2v) is 5.06. The van der Waals surface area contributed by atoms with Gasteiger partial charge in [0.05, 0.1) is 0 Å². The van der Waals surface area contributed by atoms with Gasteiger partial charge in [-0.25, -0.2) is 4.79 Å². The largest absolute Gasteiger partial charge is 0.465 e. The lowest BCUT2D eigenvalue weighted by Gasteiger charge is -2.44. The van der Waals surface area contributed by atoms with Gasteiger partial charge in [-0.05, 0) is 25.2 Å². The van der Waals surface area contributed by atoms with Crippen molar-refractivity contribution in [2.24, 2.45) is 5.41 Å². The Kier molecular flexibility index (Phi) is 2.30. The molecule has 1 rings (SSSR count). The van der Waals surface area contributed by atoms with Crippen molar-refractivity contribution in [1.29, 1.82) is 0 Å². The van der Waals surface area contributed by atoms with Gasteiger partial charge in [0.2, 0.25) is 0 Å². The van der Waals surface area contributed by atoms with E-state index in [1.807, 2.05) is 6.92 Å². The fraction of sp³-hybridized carbons (Fsp3) is 0.900. The Morgan fingerprint density at radius 3 is 2.31 bits per heavy atom. The molecule has 1 aliphatic rings. The molecule has 0 aliphatic carbocycles. The van der Waals surface area contributed by atoms with Crippen molar-refractivity contribution in [1.82, 2.24) is 4.90 Å². The van der Waals surface area contributed by atoms with Crippen LogP contribution in [0.3, 0.4) is 0 Å². The molecule has 1 N–H and O–H groups in total. The SMILES string of the molecule is CC(C)(C)[C@]1(C)CCCN1C(=O)O. The van der Waals surface area contributed by atoms with E-state index in [4.69, 9.17) is 5.11 Å². The Morgan fingerprint density at radius 2 is 2.00 bits per heavy atom. The predicted molar refractivity (Wildman–Crippen MR) is 51.8 cm³/mol. The third kappa shape index (κ3) is 1.52. The van der Waals surface area contributed by atoms with E-state index in [-0.39, 0.29) is 11.0 Å². The third-order valence-corrected chi connectivity index (χ3v) is 3.49. The number of carbonyl (C=O) groups is 1. The summed E-state index contributed by atoms with van der Waals surface area (Å²) < 4.78 is 0. The van der Waals surface area contributed by atoms with Gasteiger partial charge in [-0.3, -0.25) is 0 Å². The molecule has 1 amide bonds. The molecular weight excluding hydrogens is 166 g/mol. The van der Waals surface area contributed by atoms with Crippen LogP contribution in [0.4, 0.5) is 4.79 Å².